The normalized spacial score (nSPS) is 17.8. The average molecular weight is 328 g/mol. The molecule has 0 saturated carbocycles. The van der Waals surface area contributed by atoms with Crippen LogP contribution < -0.4 is 10.6 Å². The molecule has 0 bridgehead atoms. The third-order valence-electron chi connectivity index (χ3n) is 4.61. The van der Waals surface area contributed by atoms with Gasteiger partial charge in [-0.1, -0.05) is 30.3 Å². The van der Waals surface area contributed by atoms with Gasteiger partial charge in [0.1, 0.15) is 0 Å². The van der Waals surface area contributed by atoms with Crippen molar-refractivity contribution in [2.45, 2.75) is 37.6 Å². The Kier molecular flexibility index (Phi) is 5.48. The molecule has 128 valence electrons. The quantitative estimate of drug-likeness (QED) is 0.651. The number of hydrogen-bond donors (Lipinski definition) is 4. The molecule has 0 radical (unpaired) electrons. The van der Waals surface area contributed by atoms with Crippen molar-refractivity contribution >= 4 is 6.03 Å². The van der Waals surface area contributed by atoms with Crippen molar-refractivity contribution in [1.29, 1.82) is 0 Å². The minimum absolute atomic E-state index is 0.106. The summed E-state index contributed by atoms with van der Waals surface area (Å²) < 4.78 is 0. The number of nitrogens with zero attached hydrogens (tertiary/aromatic N) is 1. The summed E-state index contributed by atoms with van der Waals surface area (Å²) in [4.78, 5) is 12.2. The molecule has 0 fully saturated rings. The molecule has 0 spiro atoms. The molecular formula is C18H24N4O2. The number of rotatable bonds is 6. The van der Waals surface area contributed by atoms with Crippen molar-refractivity contribution in [1.82, 2.24) is 20.8 Å². The van der Waals surface area contributed by atoms with Crippen LogP contribution >= 0.6 is 0 Å². The summed E-state index contributed by atoms with van der Waals surface area (Å²) in [6.45, 7) is 0.620. The summed E-state index contributed by atoms with van der Waals surface area (Å²) in [5.41, 5.74) is 3.50. The van der Waals surface area contributed by atoms with Crippen molar-refractivity contribution in [3.63, 3.8) is 0 Å². The Bertz CT molecular complexity index is 656. The topological polar surface area (TPSA) is 90.0 Å². The number of aryl methyl sites for hydroxylation is 1. The minimum atomic E-state index is -0.147. The number of fused-ring (bicyclic) bond motifs is 1. The number of aliphatic hydroxyl groups is 1. The Balaban J connectivity index is 1.49. The van der Waals surface area contributed by atoms with Crippen LogP contribution in [0.25, 0.3) is 0 Å². The molecule has 1 aromatic carbocycles. The van der Waals surface area contributed by atoms with Gasteiger partial charge in [-0.2, -0.15) is 5.10 Å². The van der Waals surface area contributed by atoms with Gasteiger partial charge in [-0.05, 0) is 36.8 Å². The standard InChI is InChI=1S/C18H24N4O2/c23-9-8-14(13-4-2-1-3-5-13)11-19-18(24)21-16-6-7-17-15(10-16)12-20-22-17/h1-5,12,14,16,23H,6-11H2,(H,20,22)(H2,19,21,24). The van der Waals surface area contributed by atoms with Crippen molar-refractivity contribution in [3.05, 3.63) is 53.3 Å². The first-order valence-electron chi connectivity index (χ1n) is 8.47. The minimum Gasteiger partial charge on any atom is -0.396 e. The second-order valence-electron chi connectivity index (χ2n) is 6.29. The number of benzene rings is 1. The van der Waals surface area contributed by atoms with E-state index in [1.54, 1.807) is 0 Å². The van der Waals surface area contributed by atoms with Crippen LogP contribution in [-0.4, -0.2) is 40.5 Å². The van der Waals surface area contributed by atoms with Gasteiger partial charge in [-0.3, -0.25) is 5.10 Å². The lowest BCUT2D eigenvalue weighted by Gasteiger charge is -2.24. The van der Waals surface area contributed by atoms with E-state index in [4.69, 9.17) is 0 Å². The van der Waals surface area contributed by atoms with Crippen molar-refractivity contribution < 1.29 is 9.90 Å². The molecule has 1 aliphatic carbocycles. The highest BCUT2D eigenvalue weighted by molar-refractivity contribution is 5.74. The second kappa shape index (κ2) is 7.97. The largest absolute Gasteiger partial charge is 0.396 e. The zero-order valence-electron chi connectivity index (χ0n) is 13.7. The lowest BCUT2D eigenvalue weighted by Crippen LogP contribution is -2.45. The Morgan fingerprint density at radius 3 is 3.00 bits per heavy atom. The first kappa shape index (κ1) is 16.5. The van der Waals surface area contributed by atoms with Crippen LogP contribution in [-0.2, 0) is 12.8 Å². The average Bonchev–Trinajstić information content (AvgIpc) is 3.07. The van der Waals surface area contributed by atoms with E-state index in [-0.39, 0.29) is 24.6 Å². The van der Waals surface area contributed by atoms with Crippen molar-refractivity contribution in [3.8, 4) is 0 Å². The van der Waals surface area contributed by atoms with Crippen LogP contribution in [0, 0.1) is 0 Å². The second-order valence-corrected chi connectivity index (χ2v) is 6.29. The number of nitrogens with one attached hydrogen (secondary N) is 3. The first-order valence-corrected chi connectivity index (χ1v) is 8.47. The first-order chi connectivity index (χ1) is 11.8. The number of aromatic amines is 1. The molecule has 2 atom stereocenters. The summed E-state index contributed by atoms with van der Waals surface area (Å²) in [6, 6.07) is 9.97. The summed E-state index contributed by atoms with van der Waals surface area (Å²) in [5.74, 6) is 0.119. The third kappa shape index (κ3) is 4.14. The SMILES string of the molecule is O=C(NCC(CCO)c1ccccc1)NC1CCc2[nH]ncc2C1. The fraction of sp³-hybridized carbons (Fsp3) is 0.444. The maximum absolute atomic E-state index is 12.2. The molecule has 6 heteroatoms. The molecular weight excluding hydrogens is 304 g/mol. The Morgan fingerprint density at radius 1 is 1.38 bits per heavy atom. The van der Waals surface area contributed by atoms with E-state index in [0.717, 1.165) is 24.8 Å². The van der Waals surface area contributed by atoms with Gasteiger partial charge in [0, 0.05) is 30.8 Å². The fourth-order valence-electron chi connectivity index (χ4n) is 3.26. The lowest BCUT2D eigenvalue weighted by molar-refractivity contribution is 0.232. The monoisotopic (exact) mass is 328 g/mol. The summed E-state index contributed by atoms with van der Waals surface area (Å²) in [6.07, 6.45) is 5.12. The molecule has 0 aliphatic heterocycles. The van der Waals surface area contributed by atoms with Gasteiger partial charge >= 0.3 is 6.03 Å². The number of urea groups is 1. The van der Waals surface area contributed by atoms with E-state index in [1.165, 1.54) is 11.3 Å². The van der Waals surface area contributed by atoms with Crippen LogP contribution in [0.2, 0.25) is 0 Å². The Morgan fingerprint density at radius 2 is 2.21 bits per heavy atom. The van der Waals surface area contributed by atoms with E-state index in [1.807, 2.05) is 36.5 Å². The number of carbonyl (C=O) groups excluding carboxylic acids is 1. The Hall–Kier alpha value is -2.34. The van der Waals surface area contributed by atoms with Crippen LogP contribution in [0.1, 0.15) is 35.6 Å². The maximum Gasteiger partial charge on any atom is 0.315 e. The van der Waals surface area contributed by atoms with E-state index in [0.29, 0.717) is 13.0 Å². The van der Waals surface area contributed by atoms with Gasteiger partial charge in [0.15, 0.2) is 0 Å². The highest BCUT2D eigenvalue weighted by Crippen LogP contribution is 2.19. The van der Waals surface area contributed by atoms with Crippen LogP contribution in [0.5, 0.6) is 0 Å². The molecule has 24 heavy (non-hydrogen) atoms. The lowest BCUT2D eigenvalue weighted by atomic mass is 9.94. The molecule has 1 heterocycles. The van der Waals surface area contributed by atoms with Crippen molar-refractivity contribution in [2.24, 2.45) is 0 Å². The van der Waals surface area contributed by atoms with Gasteiger partial charge < -0.3 is 15.7 Å². The maximum atomic E-state index is 12.2. The number of amides is 2. The molecule has 2 amide bonds. The van der Waals surface area contributed by atoms with E-state index in [2.05, 4.69) is 20.8 Å². The zero-order valence-corrected chi connectivity index (χ0v) is 13.7. The number of aliphatic hydroxyl groups excluding tert-OH is 1. The number of hydrogen-bond acceptors (Lipinski definition) is 3. The summed E-state index contributed by atoms with van der Waals surface area (Å²) in [7, 11) is 0. The Labute approximate surface area is 141 Å². The van der Waals surface area contributed by atoms with Gasteiger partial charge in [0.25, 0.3) is 0 Å². The molecule has 1 aromatic heterocycles. The molecule has 4 N–H and O–H groups in total. The van der Waals surface area contributed by atoms with E-state index in [9.17, 15) is 9.90 Å². The number of aromatic nitrogens is 2. The van der Waals surface area contributed by atoms with Crippen LogP contribution in [0.3, 0.4) is 0 Å². The molecule has 2 unspecified atom stereocenters. The summed E-state index contributed by atoms with van der Waals surface area (Å²) in [5, 5.41) is 22.3. The highest BCUT2D eigenvalue weighted by Gasteiger charge is 2.21. The van der Waals surface area contributed by atoms with Crippen LogP contribution in [0.4, 0.5) is 4.79 Å². The smallest absolute Gasteiger partial charge is 0.315 e. The summed E-state index contributed by atoms with van der Waals surface area (Å²) >= 11 is 0. The number of H-pyrrole nitrogens is 1. The van der Waals surface area contributed by atoms with E-state index >= 15 is 0 Å². The molecule has 3 rings (SSSR count). The molecule has 6 nitrogen and oxygen atoms in total. The predicted molar refractivity (Wildman–Crippen MR) is 91.8 cm³/mol. The fourth-order valence-corrected chi connectivity index (χ4v) is 3.26. The molecule has 1 aliphatic rings. The molecule has 2 aromatic rings. The zero-order chi connectivity index (χ0) is 16.8. The van der Waals surface area contributed by atoms with Gasteiger partial charge in [-0.25, -0.2) is 4.79 Å². The van der Waals surface area contributed by atoms with Gasteiger partial charge in [-0.15, -0.1) is 0 Å². The number of carbonyl (C=O) groups is 1. The van der Waals surface area contributed by atoms with E-state index < -0.39 is 0 Å². The van der Waals surface area contributed by atoms with Crippen LogP contribution in [0.15, 0.2) is 36.5 Å². The predicted octanol–water partition coefficient (Wildman–Crippen LogP) is 1.73. The third-order valence-corrected chi connectivity index (χ3v) is 4.61. The highest BCUT2D eigenvalue weighted by atomic mass is 16.3. The van der Waals surface area contributed by atoms with Gasteiger partial charge in [0.05, 0.1) is 6.20 Å². The van der Waals surface area contributed by atoms with Crippen molar-refractivity contribution in [2.75, 3.05) is 13.2 Å². The molecule has 0 saturated heterocycles. The van der Waals surface area contributed by atoms with Gasteiger partial charge in [0.2, 0.25) is 0 Å².